The molecule has 0 aromatic heterocycles. The zero-order valence-electron chi connectivity index (χ0n) is 8.07. The Bertz CT molecular complexity index is 108. The Kier molecular flexibility index (Phi) is 9.23. The molecule has 1 nitrogen and oxygen atoms in total. The van der Waals surface area contributed by atoms with Gasteiger partial charge in [-0.05, 0) is 64.7 Å². The predicted molar refractivity (Wildman–Crippen MR) is 53.6 cm³/mol. The first-order valence-electron chi connectivity index (χ1n) is 4.37. The quantitative estimate of drug-likeness (QED) is 0.723. The third kappa shape index (κ3) is 6.14. The van der Waals surface area contributed by atoms with Crippen LogP contribution >= 0.6 is 0 Å². The summed E-state index contributed by atoms with van der Waals surface area (Å²) in [5.41, 5.74) is 0. The van der Waals surface area contributed by atoms with Gasteiger partial charge in [0.2, 0.25) is 0 Å². The monoisotopic (exact) mass is 276 g/mol. The van der Waals surface area contributed by atoms with E-state index in [-0.39, 0.29) is 25.6 Å². The molecular formula is C12H14ORu. The minimum atomic E-state index is -0.315. The summed E-state index contributed by atoms with van der Waals surface area (Å²) < 4.78 is 0. The molecule has 0 unspecified atom stereocenters. The van der Waals surface area contributed by atoms with Gasteiger partial charge in [-0.25, -0.2) is 0 Å². The van der Waals surface area contributed by atoms with Gasteiger partial charge in [0.25, 0.3) is 0 Å². The SMILES string of the molecule is C[C@@H](O)[C]1[CH][CH][CH][CH]1.[CH]1[CH][CH][CH][CH]1.[Ru]. The van der Waals surface area contributed by atoms with Crippen LogP contribution in [0.1, 0.15) is 6.92 Å². The van der Waals surface area contributed by atoms with Crippen LogP contribution in [-0.2, 0) is 19.5 Å². The fraction of sp³-hybridized carbons (Fsp3) is 0.167. The average Bonchev–Trinajstić information content (AvgIpc) is 2.82. The second kappa shape index (κ2) is 8.86. The van der Waals surface area contributed by atoms with Crippen LogP contribution in [0, 0.1) is 63.7 Å². The maximum absolute atomic E-state index is 8.91. The van der Waals surface area contributed by atoms with E-state index in [2.05, 4.69) is 0 Å². The van der Waals surface area contributed by atoms with E-state index in [0.29, 0.717) is 0 Å². The molecule has 14 heavy (non-hydrogen) atoms. The molecule has 0 aromatic carbocycles. The Labute approximate surface area is 101 Å². The van der Waals surface area contributed by atoms with Crippen molar-refractivity contribution in [3.8, 4) is 0 Å². The molecule has 2 fully saturated rings. The molecule has 2 aliphatic rings. The van der Waals surface area contributed by atoms with Crippen molar-refractivity contribution in [1.82, 2.24) is 0 Å². The van der Waals surface area contributed by atoms with Crippen LogP contribution in [0.5, 0.6) is 0 Å². The molecule has 10 radical (unpaired) electrons. The maximum Gasteiger partial charge on any atom is 0.0580 e. The van der Waals surface area contributed by atoms with Crippen LogP contribution < -0.4 is 0 Å². The minimum absolute atomic E-state index is 0. The van der Waals surface area contributed by atoms with Gasteiger partial charge in [0.05, 0.1) is 6.10 Å². The maximum atomic E-state index is 8.91. The number of rotatable bonds is 1. The topological polar surface area (TPSA) is 20.2 Å². The van der Waals surface area contributed by atoms with Crippen LogP contribution in [0.15, 0.2) is 0 Å². The van der Waals surface area contributed by atoms with Crippen molar-refractivity contribution in [2.24, 2.45) is 0 Å². The van der Waals surface area contributed by atoms with Crippen molar-refractivity contribution in [3.05, 3.63) is 63.7 Å². The van der Waals surface area contributed by atoms with Crippen LogP contribution in [0.25, 0.3) is 0 Å². The van der Waals surface area contributed by atoms with Crippen LogP contribution in [0.2, 0.25) is 0 Å². The molecule has 2 rings (SSSR count). The van der Waals surface area contributed by atoms with E-state index in [0.717, 1.165) is 5.92 Å². The Morgan fingerprint density at radius 3 is 1.43 bits per heavy atom. The minimum Gasteiger partial charge on any atom is -0.393 e. The zero-order valence-corrected chi connectivity index (χ0v) is 9.81. The van der Waals surface area contributed by atoms with Gasteiger partial charge in [0.1, 0.15) is 0 Å². The average molecular weight is 275 g/mol. The molecule has 0 aromatic rings. The molecule has 0 bridgehead atoms. The molecule has 1 atom stereocenters. The van der Waals surface area contributed by atoms with E-state index in [9.17, 15) is 0 Å². The van der Waals surface area contributed by atoms with Crippen molar-refractivity contribution >= 4 is 0 Å². The van der Waals surface area contributed by atoms with Gasteiger partial charge in [-0.15, -0.1) is 0 Å². The summed E-state index contributed by atoms with van der Waals surface area (Å²) in [5, 5.41) is 8.91. The molecule has 2 saturated carbocycles. The number of hydrogen-bond acceptors (Lipinski definition) is 1. The standard InChI is InChI=1S/C7H9O.C5H5.Ru/c1-6(8)7-4-2-3-5-7;1-2-4-5-3-1;/h2-6,8H,1H3;1-5H;/t6-;;/m1../s1. The van der Waals surface area contributed by atoms with Gasteiger partial charge >= 0.3 is 0 Å². The molecule has 0 spiro atoms. The second-order valence-electron chi connectivity index (χ2n) is 2.86. The van der Waals surface area contributed by atoms with Gasteiger partial charge in [-0.2, -0.15) is 0 Å². The number of aliphatic hydroxyl groups is 1. The predicted octanol–water partition coefficient (Wildman–Crippen LogP) is 1.79. The second-order valence-corrected chi connectivity index (χ2v) is 2.86. The Morgan fingerprint density at radius 2 is 1.21 bits per heavy atom. The third-order valence-electron chi connectivity index (χ3n) is 1.73. The molecular weight excluding hydrogens is 261 g/mol. The fourth-order valence-corrected chi connectivity index (χ4v) is 0.988. The van der Waals surface area contributed by atoms with Gasteiger partial charge < -0.3 is 5.11 Å². The fourth-order valence-electron chi connectivity index (χ4n) is 0.988. The van der Waals surface area contributed by atoms with Crippen molar-refractivity contribution in [3.63, 3.8) is 0 Å². The van der Waals surface area contributed by atoms with E-state index < -0.39 is 0 Å². The summed E-state index contributed by atoms with van der Waals surface area (Å²) in [6.45, 7) is 1.76. The van der Waals surface area contributed by atoms with Crippen LogP contribution in [0.4, 0.5) is 0 Å². The van der Waals surface area contributed by atoms with E-state index in [4.69, 9.17) is 5.11 Å². The molecule has 2 aliphatic carbocycles. The first-order chi connectivity index (χ1) is 6.30. The first-order valence-corrected chi connectivity index (χ1v) is 4.37. The van der Waals surface area contributed by atoms with E-state index in [1.54, 1.807) is 6.92 Å². The van der Waals surface area contributed by atoms with Crippen molar-refractivity contribution in [1.29, 1.82) is 0 Å². The van der Waals surface area contributed by atoms with Gasteiger partial charge in [-0.1, -0.05) is 0 Å². The third-order valence-corrected chi connectivity index (χ3v) is 1.73. The largest absolute Gasteiger partial charge is 0.393 e. The molecule has 2 heteroatoms. The van der Waals surface area contributed by atoms with Crippen molar-refractivity contribution < 1.29 is 24.6 Å². The Hall–Kier alpha value is 0.583. The molecule has 76 valence electrons. The van der Waals surface area contributed by atoms with E-state index in [1.165, 1.54) is 0 Å². The van der Waals surface area contributed by atoms with Crippen LogP contribution in [-0.4, -0.2) is 11.2 Å². The molecule has 1 N–H and O–H groups in total. The van der Waals surface area contributed by atoms with Crippen LogP contribution in [0.3, 0.4) is 0 Å². The van der Waals surface area contributed by atoms with Crippen molar-refractivity contribution in [2.45, 2.75) is 13.0 Å². The molecule has 0 aliphatic heterocycles. The first kappa shape index (κ1) is 14.6. The summed E-state index contributed by atoms with van der Waals surface area (Å²) in [6.07, 6.45) is 17.3. The zero-order chi connectivity index (χ0) is 9.52. The summed E-state index contributed by atoms with van der Waals surface area (Å²) >= 11 is 0. The van der Waals surface area contributed by atoms with Gasteiger partial charge in [0, 0.05) is 25.4 Å². The van der Waals surface area contributed by atoms with Gasteiger partial charge in [-0.3, -0.25) is 0 Å². The summed E-state index contributed by atoms with van der Waals surface area (Å²) in [5.74, 6) is 0.991. The Morgan fingerprint density at radius 1 is 0.857 bits per heavy atom. The summed E-state index contributed by atoms with van der Waals surface area (Å²) in [7, 11) is 0. The van der Waals surface area contributed by atoms with E-state index >= 15 is 0 Å². The summed E-state index contributed by atoms with van der Waals surface area (Å²) in [4.78, 5) is 0. The Balaban J connectivity index is 0.000000246. The summed E-state index contributed by atoms with van der Waals surface area (Å²) in [6, 6.07) is 0. The van der Waals surface area contributed by atoms with Crippen molar-refractivity contribution in [2.75, 3.05) is 0 Å². The number of hydrogen-bond donors (Lipinski definition) is 1. The molecule has 0 amide bonds. The van der Waals surface area contributed by atoms with Gasteiger partial charge in [0.15, 0.2) is 0 Å². The smallest absolute Gasteiger partial charge is 0.0580 e. The normalized spacial score (nSPS) is 23.6. The van der Waals surface area contributed by atoms with E-state index in [1.807, 2.05) is 57.8 Å². The number of aliphatic hydroxyl groups excluding tert-OH is 1. The molecule has 0 saturated heterocycles. The molecule has 0 heterocycles.